The summed E-state index contributed by atoms with van der Waals surface area (Å²) in [5.41, 5.74) is 0.736. The van der Waals surface area contributed by atoms with Gasteiger partial charge >= 0.3 is 7.12 Å². The fourth-order valence-electron chi connectivity index (χ4n) is 3.10. The zero-order valence-electron chi connectivity index (χ0n) is 13.3. The van der Waals surface area contributed by atoms with Gasteiger partial charge in [-0.15, -0.1) is 0 Å². The van der Waals surface area contributed by atoms with Crippen molar-refractivity contribution in [2.75, 3.05) is 0 Å². The number of fused-ring (bicyclic) bond motifs is 1. The lowest BCUT2D eigenvalue weighted by molar-refractivity contribution is -0.153. The fraction of sp³-hybridized carbons (Fsp3) is 0.333. The molecule has 2 aromatic rings. The van der Waals surface area contributed by atoms with Crippen LogP contribution in [0, 0.1) is 0 Å². The van der Waals surface area contributed by atoms with Crippen LogP contribution in [-0.2, 0) is 14.0 Å². The van der Waals surface area contributed by atoms with Gasteiger partial charge in [0, 0.05) is 4.90 Å². The molecule has 2 saturated heterocycles. The monoisotopic (exact) mass is 342 g/mol. The van der Waals surface area contributed by atoms with Crippen LogP contribution in [0.3, 0.4) is 0 Å². The van der Waals surface area contributed by atoms with Crippen molar-refractivity contribution in [3.8, 4) is 0 Å². The van der Waals surface area contributed by atoms with Crippen molar-refractivity contribution in [3.63, 3.8) is 0 Å². The molecule has 1 N–H and O–H groups in total. The van der Waals surface area contributed by atoms with Crippen molar-refractivity contribution in [2.24, 2.45) is 0 Å². The van der Waals surface area contributed by atoms with Crippen LogP contribution in [-0.4, -0.2) is 42.1 Å². The topological polar surface area (TPSA) is 47.9 Å². The van der Waals surface area contributed by atoms with Crippen molar-refractivity contribution >= 4 is 24.3 Å². The number of benzene rings is 2. The third kappa shape index (κ3) is 3.12. The van der Waals surface area contributed by atoms with Crippen molar-refractivity contribution in [3.05, 3.63) is 60.7 Å². The maximum absolute atomic E-state index is 10.5. The number of hydrogen-bond acceptors (Lipinski definition) is 5. The van der Waals surface area contributed by atoms with E-state index in [1.807, 2.05) is 67.6 Å². The molecule has 2 fully saturated rings. The normalized spacial score (nSPS) is 32.6. The molecule has 24 heavy (non-hydrogen) atoms. The highest BCUT2D eigenvalue weighted by Gasteiger charge is 2.53. The van der Waals surface area contributed by atoms with Crippen LogP contribution in [0.2, 0.25) is 0 Å². The molecular formula is C18H19BO4S. The minimum Gasteiger partial charge on any atom is -0.399 e. The molecule has 2 heterocycles. The first kappa shape index (κ1) is 16.2. The Morgan fingerprint density at radius 2 is 1.54 bits per heavy atom. The Labute approximate surface area is 146 Å². The van der Waals surface area contributed by atoms with E-state index in [2.05, 4.69) is 0 Å². The Morgan fingerprint density at radius 3 is 2.25 bits per heavy atom. The van der Waals surface area contributed by atoms with Crippen molar-refractivity contribution in [1.29, 1.82) is 0 Å². The highest BCUT2D eigenvalue weighted by atomic mass is 32.2. The van der Waals surface area contributed by atoms with Gasteiger partial charge in [0.25, 0.3) is 0 Å². The Balaban J connectivity index is 1.56. The number of thioether (sulfide) groups is 1. The summed E-state index contributed by atoms with van der Waals surface area (Å²) in [6.07, 6.45) is -1.70. The van der Waals surface area contributed by atoms with Crippen LogP contribution in [0.25, 0.3) is 0 Å². The van der Waals surface area contributed by atoms with Crippen LogP contribution in [0.5, 0.6) is 0 Å². The molecular weight excluding hydrogens is 323 g/mol. The van der Waals surface area contributed by atoms with Crippen LogP contribution in [0.4, 0.5) is 0 Å². The Morgan fingerprint density at radius 1 is 0.917 bits per heavy atom. The van der Waals surface area contributed by atoms with Gasteiger partial charge < -0.3 is 19.2 Å². The third-order valence-electron chi connectivity index (χ3n) is 4.39. The molecule has 0 unspecified atom stereocenters. The van der Waals surface area contributed by atoms with Gasteiger partial charge in [0.05, 0.1) is 12.2 Å². The molecule has 0 spiro atoms. The predicted molar refractivity (Wildman–Crippen MR) is 94.2 cm³/mol. The lowest BCUT2D eigenvalue weighted by Gasteiger charge is -2.39. The van der Waals surface area contributed by atoms with Gasteiger partial charge in [-0.2, -0.15) is 0 Å². The van der Waals surface area contributed by atoms with Crippen molar-refractivity contribution < 1.29 is 19.2 Å². The van der Waals surface area contributed by atoms with E-state index in [9.17, 15) is 5.11 Å². The number of rotatable bonds is 3. The van der Waals surface area contributed by atoms with E-state index in [-0.39, 0.29) is 23.7 Å². The smallest absolute Gasteiger partial charge is 0.399 e. The van der Waals surface area contributed by atoms with E-state index < -0.39 is 13.2 Å². The first-order chi connectivity index (χ1) is 11.7. The van der Waals surface area contributed by atoms with Crippen molar-refractivity contribution in [1.82, 2.24) is 0 Å². The number of hydrogen-bond donors (Lipinski definition) is 1. The van der Waals surface area contributed by atoms with E-state index in [4.69, 9.17) is 14.0 Å². The Kier molecular flexibility index (Phi) is 4.65. The number of aliphatic hydroxyl groups is 1. The van der Waals surface area contributed by atoms with E-state index in [0.717, 1.165) is 10.4 Å². The average Bonchev–Trinajstić information content (AvgIpc) is 3.07. The fourth-order valence-corrected chi connectivity index (χ4v) is 4.26. The van der Waals surface area contributed by atoms with Gasteiger partial charge in [0.2, 0.25) is 0 Å². The highest BCUT2D eigenvalue weighted by molar-refractivity contribution is 7.99. The molecule has 5 atom stereocenters. The van der Waals surface area contributed by atoms with E-state index in [1.54, 1.807) is 11.8 Å². The quantitative estimate of drug-likeness (QED) is 0.866. The maximum Gasteiger partial charge on any atom is 0.494 e. The largest absolute Gasteiger partial charge is 0.494 e. The molecule has 0 saturated carbocycles. The number of ether oxygens (including phenoxy) is 1. The van der Waals surface area contributed by atoms with E-state index in [1.165, 1.54) is 0 Å². The van der Waals surface area contributed by atoms with Gasteiger partial charge in [-0.1, -0.05) is 60.3 Å². The molecule has 0 radical (unpaired) electrons. The van der Waals surface area contributed by atoms with Gasteiger partial charge in [-0.25, -0.2) is 0 Å². The predicted octanol–water partition coefficient (Wildman–Crippen LogP) is 2.06. The van der Waals surface area contributed by atoms with Crippen LogP contribution >= 0.6 is 11.8 Å². The molecule has 0 aliphatic carbocycles. The second-order valence-corrected chi connectivity index (χ2v) is 7.25. The van der Waals surface area contributed by atoms with Gasteiger partial charge in [-0.05, 0) is 24.5 Å². The minimum absolute atomic E-state index is 0.218. The Bertz CT molecular complexity index is 671. The van der Waals surface area contributed by atoms with Crippen LogP contribution < -0.4 is 5.46 Å². The SMILES string of the molecule is C[C@@H]1O[C@@H](Sc2ccccc2)[C@@H]2OB(c3ccccc3)O[C@@H]2[C@H]1O. The zero-order valence-corrected chi connectivity index (χ0v) is 14.1. The van der Waals surface area contributed by atoms with E-state index in [0.29, 0.717) is 0 Å². The molecule has 2 aliphatic rings. The molecule has 2 aromatic carbocycles. The summed E-state index contributed by atoms with van der Waals surface area (Å²) in [7, 11) is -0.469. The lowest BCUT2D eigenvalue weighted by Crippen LogP contribution is -2.54. The van der Waals surface area contributed by atoms with E-state index >= 15 is 0 Å². The summed E-state index contributed by atoms with van der Waals surface area (Å²) in [5, 5.41) is 10.5. The van der Waals surface area contributed by atoms with Gasteiger partial charge in [-0.3, -0.25) is 0 Å². The molecule has 2 aliphatic heterocycles. The first-order valence-corrected chi connectivity index (χ1v) is 9.01. The molecule has 0 bridgehead atoms. The van der Waals surface area contributed by atoms with Crippen LogP contribution in [0.15, 0.2) is 65.6 Å². The second kappa shape index (κ2) is 6.90. The molecule has 4 rings (SSSR count). The van der Waals surface area contributed by atoms with Gasteiger partial charge in [0.15, 0.2) is 0 Å². The molecule has 0 aromatic heterocycles. The summed E-state index contributed by atoms with van der Waals surface area (Å²) in [6, 6.07) is 19.9. The first-order valence-electron chi connectivity index (χ1n) is 8.13. The second-order valence-electron chi connectivity index (χ2n) is 6.08. The Hall–Kier alpha value is -1.31. The van der Waals surface area contributed by atoms with Crippen LogP contribution in [0.1, 0.15) is 6.92 Å². The molecule has 4 nitrogen and oxygen atoms in total. The summed E-state index contributed by atoms with van der Waals surface area (Å²) in [6.45, 7) is 1.87. The third-order valence-corrected chi connectivity index (χ3v) is 5.54. The van der Waals surface area contributed by atoms with Crippen molar-refractivity contribution in [2.45, 2.75) is 41.7 Å². The summed E-state index contributed by atoms with van der Waals surface area (Å²) in [5.74, 6) is 0. The average molecular weight is 342 g/mol. The highest BCUT2D eigenvalue weighted by Crippen LogP contribution is 2.38. The number of aliphatic hydroxyl groups excluding tert-OH is 1. The minimum atomic E-state index is -0.698. The lowest BCUT2D eigenvalue weighted by atomic mass is 9.79. The standard InChI is InChI=1S/C18H19BO4S/c1-12-15(20)16-17(18(21-12)24-14-10-6-3-7-11-14)23-19(22-16)13-8-4-2-5-9-13/h2-12,15-18,20H,1H3/t12-,15-,16+,17+,18-/m0/s1. The summed E-state index contributed by atoms with van der Waals surface area (Å²) < 4.78 is 18.2. The molecule has 124 valence electrons. The molecule has 0 amide bonds. The van der Waals surface area contributed by atoms with Gasteiger partial charge in [0.1, 0.15) is 17.6 Å². The summed E-state index contributed by atoms with van der Waals surface area (Å²) >= 11 is 1.61. The maximum atomic E-state index is 10.5. The zero-order chi connectivity index (χ0) is 16.5. The molecule has 6 heteroatoms. The summed E-state index contributed by atoms with van der Waals surface area (Å²) in [4.78, 5) is 1.11.